The Balaban J connectivity index is 1.52. The van der Waals surface area contributed by atoms with E-state index in [0.29, 0.717) is 6.61 Å². The molecule has 0 aromatic heterocycles. The molecule has 1 aliphatic heterocycles. The lowest BCUT2D eigenvalue weighted by Crippen LogP contribution is -2.15. The number of hydrogen-bond donors (Lipinski definition) is 2. The maximum absolute atomic E-state index is 5.84. The average molecular weight is 284 g/mol. The van der Waals surface area contributed by atoms with Crippen molar-refractivity contribution in [2.75, 3.05) is 24.3 Å². The highest BCUT2D eigenvalue weighted by atomic mass is 16.5. The lowest BCUT2D eigenvalue weighted by molar-refractivity contribution is 0.141. The third-order valence-electron chi connectivity index (χ3n) is 3.52. The van der Waals surface area contributed by atoms with Crippen molar-refractivity contribution in [2.45, 2.75) is 19.1 Å². The fraction of sp³-hybridized carbons (Fsp3) is 0.294. The number of ether oxygens (including phenoxy) is 2. The average Bonchev–Trinajstić information content (AvgIpc) is 3.01. The molecule has 1 atom stereocenters. The third kappa shape index (κ3) is 3.89. The summed E-state index contributed by atoms with van der Waals surface area (Å²) in [5, 5.41) is 3.38. The summed E-state index contributed by atoms with van der Waals surface area (Å²) in [7, 11) is 0. The standard InChI is InChI=1S/C17H20N2O2/c18-14-3-1-13(2-4-14)11-19-15-5-7-16(8-6-15)21-17-9-10-20-12-17/h1-8,17,19H,9-12,18H2. The number of nitrogens with two attached hydrogens (primary N) is 1. The highest BCUT2D eigenvalue weighted by Gasteiger charge is 2.16. The van der Waals surface area contributed by atoms with Gasteiger partial charge in [-0.3, -0.25) is 0 Å². The molecule has 3 N–H and O–H groups in total. The highest BCUT2D eigenvalue weighted by molar-refractivity contribution is 5.47. The zero-order chi connectivity index (χ0) is 14.5. The summed E-state index contributed by atoms with van der Waals surface area (Å²) in [6, 6.07) is 15.9. The zero-order valence-electron chi connectivity index (χ0n) is 11.9. The fourth-order valence-electron chi connectivity index (χ4n) is 2.29. The molecule has 0 amide bonds. The van der Waals surface area contributed by atoms with Crippen LogP contribution in [0.2, 0.25) is 0 Å². The molecule has 1 unspecified atom stereocenters. The van der Waals surface area contributed by atoms with Crippen LogP contribution in [0.4, 0.5) is 11.4 Å². The lowest BCUT2D eigenvalue weighted by atomic mass is 10.2. The van der Waals surface area contributed by atoms with Crippen LogP contribution in [-0.2, 0) is 11.3 Å². The molecule has 3 rings (SSSR count). The predicted molar refractivity (Wildman–Crippen MR) is 84.5 cm³/mol. The van der Waals surface area contributed by atoms with Crippen LogP contribution in [0.25, 0.3) is 0 Å². The summed E-state index contributed by atoms with van der Waals surface area (Å²) in [4.78, 5) is 0. The summed E-state index contributed by atoms with van der Waals surface area (Å²) in [6.07, 6.45) is 1.16. The van der Waals surface area contributed by atoms with Crippen molar-refractivity contribution in [3.8, 4) is 5.75 Å². The fourth-order valence-corrected chi connectivity index (χ4v) is 2.29. The SMILES string of the molecule is Nc1ccc(CNc2ccc(OC3CCOC3)cc2)cc1. The molecule has 0 saturated carbocycles. The molecule has 0 radical (unpaired) electrons. The van der Waals surface area contributed by atoms with Crippen molar-refractivity contribution in [3.05, 3.63) is 54.1 Å². The van der Waals surface area contributed by atoms with Crippen molar-refractivity contribution in [3.63, 3.8) is 0 Å². The molecule has 4 nitrogen and oxygen atoms in total. The predicted octanol–water partition coefficient (Wildman–Crippen LogP) is 3.05. The molecule has 2 aromatic rings. The van der Waals surface area contributed by atoms with Gasteiger partial charge in [-0.15, -0.1) is 0 Å². The normalized spacial score (nSPS) is 17.6. The summed E-state index contributed by atoms with van der Waals surface area (Å²) in [5.74, 6) is 0.892. The Morgan fingerprint density at radius 3 is 2.52 bits per heavy atom. The van der Waals surface area contributed by atoms with Crippen LogP contribution in [0, 0.1) is 0 Å². The first-order valence-electron chi connectivity index (χ1n) is 7.22. The van der Waals surface area contributed by atoms with E-state index in [2.05, 4.69) is 5.32 Å². The van der Waals surface area contributed by atoms with Gasteiger partial charge in [0.1, 0.15) is 11.9 Å². The van der Waals surface area contributed by atoms with Crippen LogP contribution in [0.3, 0.4) is 0 Å². The molecule has 0 bridgehead atoms. The quantitative estimate of drug-likeness (QED) is 0.829. The Bertz CT molecular complexity index is 560. The van der Waals surface area contributed by atoms with E-state index < -0.39 is 0 Å². The molecule has 1 saturated heterocycles. The van der Waals surface area contributed by atoms with E-state index >= 15 is 0 Å². The van der Waals surface area contributed by atoms with Gasteiger partial charge < -0.3 is 20.5 Å². The Labute approximate surface area is 124 Å². The second-order valence-corrected chi connectivity index (χ2v) is 5.22. The van der Waals surface area contributed by atoms with Gasteiger partial charge in [0.2, 0.25) is 0 Å². The van der Waals surface area contributed by atoms with Gasteiger partial charge in [-0.05, 0) is 42.0 Å². The van der Waals surface area contributed by atoms with Gasteiger partial charge in [-0.25, -0.2) is 0 Å². The molecular formula is C17H20N2O2. The molecule has 21 heavy (non-hydrogen) atoms. The Hall–Kier alpha value is -2.20. The molecule has 4 heteroatoms. The molecule has 1 heterocycles. The van der Waals surface area contributed by atoms with Crippen molar-refractivity contribution in [1.82, 2.24) is 0 Å². The molecule has 0 spiro atoms. The summed E-state index contributed by atoms with van der Waals surface area (Å²) >= 11 is 0. The number of benzene rings is 2. The lowest BCUT2D eigenvalue weighted by Gasteiger charge is -2.12. The van der Waals surface area contributed by atoms with Crippen molar-refractivity contribution in [2.24, 2.45) is 0 Å². The smallest absolute Gasteiger partial charge is 0.124 e. The van der Waals surface area contributed by atoms with E-state index in [1.165, 1.54) is 5.56 Å². The van der Waals surface area contributed by atoms with Gasteiger partial charge in [-0.1, -0.05) is 12.1 Å². The Kier molecular flexibility index (Phi) is 4.26. The summed E-state index contributed by atoms with van der Waals surface area (Å²) < 4.78 is 11.1. The monoisotopic (exact) mass is 284 g/mol. The van der Waals surface area contributed by atoms with E-state index in [0.717, 1.165) is 36.7 Å². The topological polar surface area (TPSA) is 56.5 Å². The second-order valence-electron chi connectivity index (χ2n) is 5.22. The van der Waals surface area contributed by atoms with E-state index in [4.69, 9.17) is 15.2 Å². The van der Waals surface area contributed by atoms with Gasteiger partial charge in [0.05, 0.1) is 13.2 Å². The van der Waals surface area contributed by atoms with Crippen molar-refractivity contribution < 1.29 is 9.47 Å². The van der Waals surface area contributed by atoms with Crippen LogP contribution in [0.1, 0.15) is 12.0 Å². The maximum atomic E-state index is 5.84. The summed E-state index contributed by atoms with van der Waals surface area (Å²) in [5.41, 5.74) is 8.74. The molecular weight excluding hydrogens is 264 g/mol. The van der Waals surface area contributed by atoms with Crippen LogP contribution in [0.15, 0.2) is 48.5 Å². The molecule has 1 aliphatic rings. The second kappa shape index (κ2) is 6.50. The highest BCUT2D eigenvalue weighted by Crippen LogP contribution is 2.20. The molecule has 1 fully saturated rings. The van der Waals surface area contributed by atoms with Gasteiger partial charge in [0.15, 0.2) is 0 Å². The van der Waals surface area contributed by atoms with Gasteiger partial charge in [0, 0.05) is 24.3 Å². The van der Waals surface area contributed by atoms with Crippen molar-refractivity contribution in [1.29, 1.82) is 0 Å². The third-order valence-corrected chi connectivity index (χ3v) is 3.52. The zero-order valence-corrected chi connectivity index (χ0v) is 11.9. The molecule has 110 valence electrons. The van der Waals surface area contributed by atoms with E-state index in [9.17, 15) is 0 Å². The van der Waals surface area contributed by atoms with Crippen LogP contribution in [-0.4, -0.2) is 19.3 Å². The first-order chi connectivity index (χ1) is 10.3. The van der Waals surface area contributed by atoms with Crippen LogP contribution < -0.4 is 15.8 Å². The first kappa shape index (κ1) is 13.8. The number of rotatable bonds is 5. The van der Waals surface area contributed by atoms with Crippen molar-refractivity contribution >= 4 is 11.4 Å². The van der Waals surface area contributed by atoms with E-state index in [-0.39, 0.29) is 6.10 Å². The maximum Gasteiger partial charge on any atom is 0.124 e. The number of nitrogens with one attached hydrogen (secondary N) is 1. The van der Waals surface area contributed by atoms with Gasteiger partial charge in [-0.2, -0.15) is 0 Å². The minimum atomic E-state index is 0.193. The number of nitrogen functional groups attached to an aromatic ring is 1. The van der Waals surface area contributed by atoms with E-state index in [1.807, 2.05) is 48.5 Å². The number of hydrogen-bond acceptors (Lipinski definition) is 4. The summed E-state index contributed by atoms with van der Waals surface area (Å²) in [6.45, 7) is 2.26. The Morgan fingerprint density at radius 2 is 1.86 bits per heavy atom. The van der Waals surface area contributed by atoms with Crippen LogP contribution >= 0.6 is 0 Å². The minimum absolute atomic E-state index is 0.193. The molecule has 0 aliphatic carbocycles. The minimum Gasteiger partial charge on any atom is -0.488 e. The van der Waals surface area contributed by atoms with Gasteiger partial charge >= 0.3 is 0 Å². The van der Waals surface area contributed by atoms with Crippen LogP contribution in [0.5, 0.6) is 5.75 Å². The van der Waals surface area contributed by atoms with Gasteiger partial charge in [0.25, 0.3) is 0 Å². The largest absolute Gasteiger partial charge is 0.488 e. The Morgan fingerprint density at radius 1 is 1.10 bits per heavy atom. The first-order valence-corrected chi connectivity index (χ1v) is 7.22. The number of anilines is 2. The van der Waals surface area contributed by atoms with E-state index in [1.54, 1.807) is 0 Å². The molecule has 2 aromatic carbocycles.